The van der Waals surface area contributed by atoms with E-state index in [1.165, 1.54) is 6.20 Å². The van der Waals surface area contributed by atoms with Crippen LogP contribution in [0.15, 0.2) is 18.3 Å². The van der Waals surface area contributed by atoms with Gasteiger partial charge in [0.15, 0.2) is 5.82 Å². The number of hydrogen-bond donors (Lipinski definition) is 1. The van der Waals surface area contributed by atoms with Crippen molar-refractivity contribution in [3.05, 3.63) is 40.7 Å². The lowest BCUT2D eigenvalue weighted by molar-refractivity contribution is -0.0268. The molecule has 0 spiro atoms. The van der Waals surface area contributed by atoms with Crippen molar-refractivity contribution in [1.82, 2.24) is 25.1 Å². The highest BCUT2D eigenvalue weighted by atomic mass is 35.5. The van der Waals surface area contributed by atoms with Gasteiger partial charge >= 0.3 is 0 Å². The molecule has 0 aliphatic carbocycles. The Labute approximate surface area is 132 Å². The summed E-state index contributed by atoms with van der Waals surface area (Å²) in [4.78, 5) is 22.6. The fourth-order valence-corrected chi connectivity index (χ4v) is 2.38. The number of pyridine rings is 1. The molecule has 0 saturated carbocycles. The summed E-state index contributed by atoms with van der Waals surface area (Å²) in [5.74, 6) is 1.25. The fraction of sp³-hybridized carbons (Fsp3) is 0.429. The smallest absolute Gasteiger partial charge is 0.272 e. The lowest BCUT2D eigenvalue weighted by atomic mass is 10.2. The number of H-pyrrole nitrogens is 1. The second kappa shape index (κ2) is 6.41. The largest absolute Gasteiger partial charge is 0.366 e. The number of nitrogens with zero attached hydrogens (tertiary/aromatic N) is 4. The number of nitrogens with one attached hydrogen (secondary N) is 1. The molecule has 2 aromatic rings. The third-order valence-electron chi connectivity index (χ3n) is 3.47. The Morgan fingerprint density at radius 2 is 2.41 bits per heavy atom. The number of ether oxygens (including phenoxy) is 1. The summed E-state index contributed by atoms with van der Waals surface area (Å²) in [5, 5.41) is 7.52. The van der Waals surface area contributed by atoms with Crippen LogP contribution < -0.4 is 0 Å². The molecule has 1 aliphatic heterocycles. The molecule has 2 aromatic heterocycles. The van der Waals surface area contributed by atoms with Gasteiger partial charge in [0.05, 0.1) is 18.2 Å². The van der Waals surface area contributed by atoms with Gasteiger partial charge in [-0.25, -0.2) is 9.97 Å². The molecule has 3 rings (SSSR count). The van der Waals surface area contributed by atoms with E-state index >= 15 is 0 Å². The van der Waals surface area contributed by atoms with Crippen molar-refractivity contribution in [2.24, 2.45) is 0 Å². The predicted octanol–water partition coefficient (Wildman–Crippen LogP) is 1.63. The number of aryl methyl sites for hydroxylation is 1. The molecule has 0 bridgehead atoms. The van der Waals surface area contributed by atoms with Crippen LogP contribution in [0, 0.1) is 0 Å². The molecule has 1 atom stereocenters. The predicted molar refractivity (Wildman–Crippen MR) is 79.6 cm³/mol. The van der Waals surface area contributed by atoms with Crippen LogP contribution in [-0.4, -0.2) is 50.7 Å². The normalized spacial score (nSPS) is 18.5. The Hall–Kier alpha value is -1.99. The summed E-state index contributed by atoms with van der Waals surface area (Å²) in [5.41, 5.74) is 0.370. The highest BCUT2D eigenvalue weighted by Gasteiger charge is 2.29. The van der Waals surface area contributed by atoms with E-state index < -0.39 is 0 Å². The number of carbonyl (C=O) groups excluding carboxylic acids is 1. The Morgan fingerprint density at radius 1 is 1.55 bits per heavy atom. The lowest BCUT2D eigenvalue weighted by Crippen LogP contribution is -2.42. The molecule has 22 heavy (non-hydrogen) atoms. The molecule has 0 unspecified atom stereocenters. The minimum absolute atomic E-state index is 0.142. The van der Waals surface area contributed by atoms with Crippen LogP contribution in [-0.2, 0) is 11.2 Å². The van der Waals surface area contributed by atoms with Crippen molar-refractivity contribution in [2.75, 3.05) is 19.7 Å². The SMILES string of the molecule is CCc1nc([C@@H]2CN(C(=O)c3ccc(Cl)cn3)CCO2)n[nH]1. The van der Waals surface area contributed by atoms with Crippen LogP contribution >= 0.6 is 11.6 Å². The van der Waals surface area contributed by atoms with E-state index in [1.807, 2.05) is 6.92 Å². The van der Waals surface area contributed by atoms with Gasteiger partial charge in [0.2, 0.25) is 0 Å². The molecule has 3 heterocycles. The van der Waals surface area contributed by atoms with Gasteiger partial charge in [0.25, 0.3) is 5.91 Å². The van der Waals surface area contributed by atoms with Crippen LogP contribution in [0.3, 0.4) is 0 Å². The number of hydrogen-bond acceptors (Lipinski definition) is 5. The van der Waals surface area contributed by atoms with Gasteiger partial charge < -0.3 is 9.64 Å². The third kappa shape index (κ3) is 3.10. The van der Waals surface area contributed by atoms with E-state index in [1.54, 1.807) is 17.0 Å². The molecule has 116 valence electrons. The van der Waals surface area contributed by atoms with Crippen LogP contribution in [0.2, 0.25) is 5.02 Å². The minimum Gasteiger partial charge on any atom is -0.366 e. The van der Waals surface area contributed by atoms with Crippen molar-refractivity contribution in [2.45, 2.75) is 19.4 Å². The average molecular weight is 322 g/mol. The standard InChI is InChI=1S/C14H16ClN5O2/c1-2-12-17-13(19-18-12)11-8-20(5-6-22-11)14(21)10-4-3-9(15)7-16-10/h3-4,7,11H,2,5-6,8H2,1H3,(H,17,18,19)/t11-/m0/s1. The van der Waals surface area contributed by atoms with Crippen molar-refractivity contribution in [3.63, 3.8) is 0 Å². The number of aromatic nitrogens is 4. The average Bonchev–Trinajstić information content (AvgIpc) is 3.04. The van der Waals surface area contributed by atoms with Crippen LogP contribution in [0.1, 0.15) is 35.2 Å². The van der Waals surface area contributed by atoms with Crippen molar-refractivity contribution >= 4 is 17.5 Å². The molecule has 0 aromatic carbocycles. The quantitative estimate of drug-likeness (QED) is 0.928. The minimum atomic E-state index is -0.318. The van der Waals surface area contributed by atoms with E-state index in [2.05, 4.69) is 20.2 Å². The Kier molecular flexibility index (Phi) is 4.35. The number of amides is 1. The summed E-state index contributed by atoms with van der Waals surface area (Å²) in [6.07, 6.45) is 1.92. The van der Waals surface area contributed by atoms with Gasteiger partial charge in [0.1, 0.15) is 17.6 Å². The zero-order valence-electron chi connectivity index (χ0n) is 12.1. The first kappa shape index (κ1) is 14.9. The monoisotopic (exact) mass is 321 g/mol. The summed E-state index contributed by atoms with van der Waals surface area (Å²) in [6.45, 7) is 3.36. The molecule has 1 aliphatic rings. The van der Waals surface area contributed by atoms with Crippen molar-refractivity contribution < 1.29 is 9.53 Å². The highest BCUT2D eigenvalue weighted by Crippen LogP contribution is 2.20. The molecule has 0 radical (unpaired) electrons. The molecular formula is C14H16ClN5O2. The first-order valence-electron chi connectivity index (χ1n) is 7.11. The second-order valence-corrected chi connectivity index (χ2v) is 5.40. The maximum atomic E-state index is 12.5. The van der Waals surface area contributed by atoms with E-state index in [4.69, 9.17) is 16.3 Å². The Bertz CT molecular complexity index is 658. The number of halogens is 1. The molecule has 1 N–H and O–H groups in total. The van der Waals surface area contributed by atoms with Gasteiger partial charge in [-0.15, -0.1) is 0 Å². The highest BCUT2D eigenvalue weighted by molar-refractivity contribution is 6.30. The second-order valence-electron chi connectivity index (χ2n) is 4.97. The zero-order valence-corrected chi connectivity index (χ0v) is 12.9. The third-order valence-corrected chi connectivity index (χ3v) is 3.70. The number of aromatic amines is 1. The van der Waals surface area contributed by atoms with Gasteiger partial charge in [-0.05, 0) is 12.1 Å². The van der Waals surface area contributed by atoms with Gasteiger partial charge in [-0.3, -0.25) is 9.89 Å². The topological polar surface area (TPSA) is 84.0 Å². The maximum absolute atomic E-state index is 12.5. The molecule has 1 saturated heterocycles. The summed E-state index contributed by atoms with van der Waals surface area (Å²) >= 11 is 5.79. The Morgan fingerprint density at radius 3 is 3.09 bits per heavy atom. The number of morpholine rings is 1. The van der Waals surface area contributed by atoms with Gasteiger partial charge in [-0.2, -0.15) is 5.10 Å². The molecule has 7 nitrogen and oxygen atoms in total. The molecule has 8 heteroatoms. The number of carbonyl (C=O) groups is 1. The lowest BCUT2D eigenvalue weighted by Gasteiger charge is -2.31. The molecule has 1 amide bonds. The van der Waals surface area contributed by atoms with Crippen LogP contribution in [0.4, 0.5) is 0 Å². The van der Waals surface area contributed by atoms with Gasteiger partial charge in [0, 0.05) is 19.2 Å². The summed E-state index contributed by atoms with van der Waals surface area (Å²) in [6, 6.07) is 3.28. The Balaban J connectivity index is 1.72. The molecule has 1 fully saturated rings. The van der Waals surface area contributed by atoms with Crippen molar-refractivity contribution in [1.29, 1.82) is 0 Å². The first-order chi connectivity index (χ1) is 10.7. The van der Waals surface area contributed by atoms with Crippen molar-refractivity contribution in [3.8, 4) is 0 Å². The van der Waals surface area contributed by atoms with Gasteiger partial charge in [-0.1, -0.05) is 18.5 Å². The summed E-state index contributed by atoms with van der Waals surface area (Å²) < 4.78 is 5.68. The fourth-order valence-electron chi connectivity index (χ4n) is 2.27. The van der Waals surface area contributed by atoms with E-state index in [0.717, 1.165) is 12.2 Å². The van der Waals surface area contributed by atoms with Crippen LogP contribution in [0.25, 0.3) is 0 Å². The maximum Gasteiger partial charge on any atom is 0.272 e. The first-order valence-corrected chi connectivity index (χ1v) is 7.48. The van der Waals surface area contributed by atoms with E-state index in [-0.39, 0.29) is 12.0 Å². The van der Waals surface area contributed by atoms with Crippen LogP contribution in [0.5, 0.6) is 0 Å². The zero-order chi connectivity index (χ0) is 15.5. The summed E-state index contributed by atoms with van der Waals surface area (Å²) in [7, 11) is 0. The molecular weight excluding hydrogens is 306 g/mol. The van der Waals surface area contributed by atoms with E-state index in [9.17, 15) is 4.79 Å². The van der Waals surface area contributed by atoms with E-state index in [0.29, 0.717) is 36.2 Å². The number of rotatable bonds is 3.